The zero-order chi connectivity index (χ0) is 23.1. The second-order valence-electron chi connectivity index (χ2n) is 7.16. The standard InChI is InChI=1S/C23H17F3N2O3S/c1-32(29,30)17-8-3-7-16(12-17)31-15-6-2-5-14(11-15)21-18-9-4-10-19(23(24,25)26)22(18)28-13-20(21)27/h2-13H,27H2,1H3. The largest absolute Gasteiger partial charge is 0.457 e. The lowest BCUT2D eigenvalue weighted by molar-refractivity contribution is -0.136. The molecule has 4 aromatic rings. The first-order valence-corrected chi connectivity index (χ1v) is 11.3. The van der Waals surface area contributed by atoms with Crippen molar-refractivity contribution in [2.45, 2.75) is 11.1 Å². The summed E-state index contributed by atoms with van der Waals surface area (Å²) in [6.45, 7) is 0. The van der Waals surface area contributed by atoms with Crippen LogP contribution in [0.25, 0.3) is 22.0 Å². The number of hydrogen-bond acceptors (Lipinski definition) is 5. The van der Waals surface area contributed by atoms with Crippen molar-refractivity contribution in [2.24, 2.45) is 0 Å². The van der Waals surface area contributed by atoms with E-state index in [9.17, 15) is 21.6 Å². The Bertz CT molecular complexity index is 1430. The maximum absolute atomic E-state index is 13.4. The van der Waals surface area contributed by atoms with Gasteiger partial charge in [-0.25, -0.2) is 8.42 Å². The Morgan fingerprint density at radius 1 is 0.938 bits per heavy atom. The molecule has 164 valence electrons. The van der Waals surface area contributed by atoms with Gasteiger partial charge in [0.1, 0.15) is 11.5 Å². The van der Waals surface area contributed by atoms with Crippen molar-refractivity contribution in [3.63, 3.8) is 0 Å². The maximum atomic E-state index is 13.4. The lowest BCUT2D eigenvalue weighted by Gasteiger charge is -2.15. The van der Waals surface area contributed by atoms with Gasteiger partial charge in [0, 0.05) is 17.2 Å². The first kappa shape index (κ1) is 21.6. The van der Waals surface area contributed by atoms with Crippen LogP contribution in [0.3, 0.4) is 0 Å². The summed E-state index contributed by atoms with van der Waals surface area (Å²) in [5, 5.41) is 0.260. The number of fused-ring (bicyclic) bond motifs is 1. The molecule has 4 rings (SSSR count). The van der Waals surface area contributed by atoms with E-state index in [1.54, 1.807) is 36.4 Å². The van der Waals surface area contributed by atoms with Crippen LogP contribution in [0.15, 0.2) is 77.8 Å². The summed E-state index contributed by atoms with van der Waals surface area (Å²) >= 11 is 0. The third kappa shape index (κ3) is 4.24. The van der Waals surface area contributed by atoms with E-state index in [1.165, 1.54) is 30.5 Å². The smallest absolute Gasteiger partial charge is 0.418 e. The van der Waals surface area contributed by atoms with Gasteiger partial charge in [0.2, 0.25) is 0 Å². The van der Waals surface area contributed by atoms with Crippen molar-refractivity contribution in [3.8, 4) is 22.6 Å². The van der Waals surface area contributed by atoms with Crippen molar-refractivity contribution < 1.29 is 26.3 Å². The molecule has 0 atom stereocenters. The predicted octanol–water partition coefficient (Wildman–Crippen LogP) is 5.70. The Kier molecular flexibility index (Phi) is 5.29. The highest BCUT2D eigenvalue weighted by molar-refractivity contribution is 7.90. The van der Waals surface area contributed by atoms with E-state index in [0.717, 1.165) is 12.3 Å². The summed E-state index contributed by atoms with van der Waals surface area (Å²) in [5.41, 5.74) is 6.20. The zero-order valence-corrected chi connectivity index (χ0v) is 17.5. The molecular weight excluding hydrogens is 441 g/mol. The van der Waals surface area contributed by atoms with Crippen LogP contribution in [0.2, 0.25) is 0 Å². The number of halogens is 3. The number of sulfone groups is 1. The Hall–Kier alpha value is -3.59. The highest BCUT2D eigenvalue weighted by Crippen LogP contribution is 2.40. The Balaban J connectivity index is 1.80. The average Bonchev–Trinajstić information content (AvgIpc) is 2.72. The Labute approximate surface area is 182 Å². The van der Waals surface area contributed by atoms with Crippen LogP contribution in [0.4, 0.5) is 18.9 Å². The number of hydrogen-bond donors (Lipinski definition) is 1. The number of rotatable bonds is 4. The summed E-state index contributed by atoms with van der Waals surface area (Å²) < 4.78 is 69.7. The third-order valence-electron chi connectivity index (χ3n) is 4.82. The van der Waals surface area contributed by atoms with Crippen molar-refractivity contribution >= 4 is 26.4 Å². The van der Waals surface area contributed by atoms with E-state index in [-0.39, 0.29) is 21.5 Å². The van der Waals surface area contributed by atoms with Crippen LogP contribution in [-0.2, 0) is 16.0 Å². The van der Waals surface area contributed by atoms with Crippen LogP contribution in [-0.4, -0.2) is 19.7 Å². The number of nitrogen functional groups attached to an aromatic ring is 1. The van der Waals surface area contributed by atoms with E-state index in [1.807, 2.05) is 0 Å². The van der Waals surface area contributed by atoms with Gasteiger partial charge in [-0.15, -0.1) is 0 Å². The van der Waals surface area contributed by atoms with Crippen molar-refractivity contribution in [2.75, 3.05) is 12.0 Å². The van der Waals surface area contributed by atoms with E-state index >= 15 is 0 Å². The summed E-state index contributed by atoms with van der Waals surface area (Å²) in [4.78, 5) is 4.03. The van der Waals surface area contributed by atoms with Crippen molar-refractivity contribution in [3.05, 3.63) is 78.5 Å². The fourth-order valence-corrected chi connectivity index (χ4v) is 4.06. The van der Waals surface area contributed by atoms with Crippen LogP contribution >= 0.6 is 0 Å². The quantitative estimate of drug-likeness (QED) is 0.424. The van der Waals surface area contributed by atoms with Gasteiger partial charge in [0.15, 0.2) is 9.84 Å². The summed E-state index contributed by atoms with van der Waals surface area (Å²) in [6, 6.07) is 16.5. The highest BCUT2D eigenvalue weighted by Gasteiger charge is 2.33. The van der Waals surface area contributed by atoms with E-state index in [0.29, 0.717) is 22.6 Å². The molecule has 0 aliphatic rings. The molecule has 0 spiro atoms. The number of pyridine rings is 1. The molecule has 5 nitrogen and oxygen atoms in total. The molecule has 0 aliphatic heterocycles. The average molecular weight is 458 g/mol. The number of alkyl halides is 3. The molecule has 0 unspecified atom stereocenters. The predicted molar refractivity (Wildman–Crippen MR) is 116 cm³/mol. The summed E-state index contributed by atoms with van der Waals surface area (Å²) in [5.74, 6) is 0.668. The van der Waals surface area contributed by atoms with Gasteiger partial charge in [-0.2, -0.15) is 13.2 Å². The van der Waals surface area contributed by atoms with Gasteiger partial charge in [-0.05, 0) is 42.0 Å². The topological polar surface area (TPSA) is 82.3 Å². The molecule has 0 saturated carbocycles. The van der Waals surface area contributed by atoms with Crippen molar-refractivity contribution in [1.29, 1.82) is 0 Å². The van der Waals surface area contributed by atoms with Crippen LogP contribution in [0.1, 0.15) is 5.56 Å². The minimum absolute atomic E-state index is 0.107. The van der Waals surface area contributed by atoms with Gasteiger partial charge in [0.25, 0.3) is 0 Å². The molecule has 2 N–H and O–H groups in total. The number of nitrogens with zero attached hydrogens (tertiary/aromatic N) is 1. The maximum Gasteiger partial charge on any atom is 0.418 e. The minimum Gasteiger partial charge on any atom is -0.457 e. The van der Waals surface area contributed by atoms with E-state index in [2.05, 4.69) is 4.98 Å². The van der Waals surface area contributed by atoms with Crippen LogP contribution in [0, 0.1) is 0 Å². The second kappa shape index (κ2) is 7.83. The van der Waals surface area contributed by atoms with E-state index < -0.39 is 21.6 Å². The fraction of sp³-hybridized carbons (Fsp3) is 0.0870. The van der Waals surface area contributed by atoms with E-state index in [4.69, 9.17) is 10.5 Å². The monoisotopic (exact) mass is 458 g/mol. The molecule has 3 aromatic carbocycles. The summed E-state index contributed by atoms with van der Waals surface area (Å²) in [6.07, 6.45) is -2.26. The lowest BCUT2D eigenvalue weighted by Crippen LogP contribution is -2.07. The second-order valence-corrected chi connectivity index (χ2v) is 9.18. The Morgan fingerprint density at radius 3 is 2.28 bits per heavy atom. The van der Waals surface area contributed by atoms with Gasteiger partial charge >= 0.3 is 6.18 Å². The van der Waals surface area contributed by atoms with Gasteiger partial charge < -0.3 is 10.5 Å². The first-order valence-electron chi connectivity index (χ1n) is 9.37. The molecule has 0 bridgehead atoms. The molecule has 0 aliphatic carbocycles. The van der Waals surface area contributed by atoms with Gasteiger partial charge in [0.05, 0.1) is 27.9 Å². The lowest BCUT2D eigenvalue weighted by atomic mass is 9.97. The number of benzene rings is 3. The SMILES string of the molecule is CS(=O)(=O)c1cccc(Oc2cccc(-c3c(N)cnc4c(C(F)(F)F)cccc34)c2)c1. The Morgan fingerprint density at radius 2 is 1.59 bits per heavy atom. The number of anilines is 1. The molecule has 0 fully saturated rings. The number of para-hydroxylation sites is 1. The number of ether oxygens (including phenoxy) is 1. The van der Waals surface area contributed by atoms with Gasteiger partial charge in [-0.1, -0.05) is 30.3 Å². The molecule has 0 radical (unpaired) electrons. The van der Waals surface area contributed by atoms with Crippen LogP contribution in [0.5, 0.6) is 11.5 Å². The highest BCUT2D eigenvalue weighted by atomic mass is 32.2. The zero-order valence-electron chi connectivity index (χ0n) is 16.7. The fourth-order valence-electron chi connectivity index (χ4n) is 3.41. The molecule has 9 heteroatoms. The molecule has 0 amide bonds. The molecule has 32 heavy (non-hydrogen) atoms. The normalized spacial score (nSPS) is 12.1. The molecule has 0 saturated heterocycles. The van der Waals surface area contributed by atoms with Crippen LogP contribution < -0.4 is 10.5 Å². The first-order chi connectivity index (χ1) is 15.0. The number of nitrogens with two attached hydrogens (primary N) is 1. The minimum atomic E-state index is -4.56. The molecule has 1 aromatic heterocycles. The van der Waals surface area contributed by atoms with Crippen molar-refractivity contribution in [1.82, 2.24) is 4.98 Å². The van der Waals surface area contributed by atoms with Gasteiger partial charge in [-0.3, -0.25) is 4.98 Å². The third-order valence-corrected chi connectivity index (χ3v) is 5.93. The summed E-state index contributed by atoms with van der Waals surface area (Å²) in [7, 11) is -3.41. The molecular formula is C23H17F3N2O3S. The molecule has 1 heterocycles. The number of aromatic nitrogens is 1.